The molecule has 6 nitrogen and oxygen atoms in total. The van der Waals surface area contributed by atoms with Gasteiger partial charge in [0.15, 0.2) is 5.69 Å². The molecule has 0 aromatic carbocycles. The Balaban J connectivity index is 1.78. The van der Waals surface area contributed by atoms with E-state index in [0.29, 0.717) is 12.5 Å². The Morgan fingerprint density at radius 1 is 1.56 bits per heavy atom. The van der Waals surface area contributed by atoms with Crippen LogP contribution in [0.1, 0.15) is 42.6 Å². The first-order chi connectivity index (χ1) is 8.66. The molecule has 100 valence electrons. The van der Waals surface area contributed by atoms with Crippen LogP contribution >= 0.6 is 0 Å². The van der Waals surface area contributed by atoms with Crippen molar-refractivity contribution >= 4 is 5.91 Å². The minimum atomic E-state index is -0.453. The van der Waals surface area contributed by atoms with Crippen molar-refractivity contribution in [1.29, 1.82) is 0 Å². The van der Waals surface area contributed by atoms with Gasteiger partial charge >= 0.3 is 0 Å². The molecule has 1 aromatic rings. The van der Waals surface area contributed by atoms with Gasteiger partial charge in [-0.3, -0.25) is 9.48 Å². The number of nitrogens with one attached hydrogen (secondary N) is 1. The number of carbonyl (C=O) groups excluding carboxylic acids is 1. The summed E-state index contributed by atoms with van der Waals surface area (Å²) in [4.78, 5) is 11.7. The van der Waals surface area contributed by atoms with Crippen LogP contribution in [-0.4, -0.2) is 38.7 Å². The number of amides is 1. The van der Waals surface area contributed by atoms with Crippen molar-refractivity contribution < 1.29 is 9.90 Å². The van der Waals surface area contributed by atoms with E-state index in [-0.39, 0.29) is 11.6 Å². The first-order valence-electron chi connectivity index (χ1n) is 6.49. The zero-order chi connectivity index (χ0) is 13.0. The van der Waals surface area contributed by atoms with E-state index in [0.717, 1.165) is 12.8 Å². The fourth-order valence-corrected chi connectivity index (χ4v) is 2.42. The SMILES string of the molecule is Cn1cc(C(=O)NCC(O)C2CCCCC2)nn1. The molecule has 1 atom stereocenters. The average molecular weight is 252 g/mol. The lowest BCUT2D eigenvalue weighted by atomic mass is 9.85. The van der Waals surface area contributed by atoms with Crippen molar-refractivity contribution in [1.82, 2.24) is 20.3 Å². The lowest BCUT2D eigenvalue weighted by Gasteiger charge is -2.26. The molecule has 1 fully saturated rings. The second kappa shape index (κ2) is 5.95. The lowest BCUT2D eigenvalue weighted by Crippen LogP contribution is -2.37. The molecular formula is C12H20N4O2. The van der Waals surface area contributed by atoms with E-state index in [1.165, 1.54) is 23.9 Å². The number of rotatable bonds is 4. The molecule has 1 aliphatic carbocycles. The third kappa shape index (κ3) is 3.29. The van der Waals surface area contributed by atoms with Gasteiger partial charge in [-0.25, -0.2) is 0 Å². The smallest absolute Gasteiger partial charge is 0.273 e. The van der Waals surface area contributed by atoms with Crippen LogP contribution in [0.4, 0.5) is 0 Å². The Kier molecular flexibility index (Phi) is 4.30. The average Bonchev–Trinajstić information content (AvgIpc) is 2.83. The van der Waals surface area contributed by atoms with Gasteiger partial charge in [0.2, 0.25) is 0 Å². The molecule has 1 aliphatic rings. The van der Waals surface area contributed by atoms with E-state index in [1.54, 1.807) is 13.2 Å². The normalized spacial score (nSPS) is 18.6. The molecule has 0 saturated heterocycles. The molecule has 1 heterocycles. The minimum absolute atomic E-state index is 0.280. The highest BCUT2D eigenvalue weighted by Crippen LogP contribution is 2.26. The molecule has 1 aromatic heterocycles. The van der Waals surface area contributed by atoms with Crippen LogP contribution in [-0.2, 0) is 7.05 Å². The number of carbonyl (C=O) groups is 1. The van der Waals surface area contributed by atoms with Gasteiger partial charge in [0.05, 0.1) is 12.3 Å². The van der Waals surface area contributed by atoms with E-state index in [2.05, 4.69) is 15.6 Å². The minimum Gasteiger partial charge on any atom is -0.391 e. The fourth-order valence-electron chi connectivity index (χ4n) is 2.42. The zero-order valence-electron chi connectivity index (χ0n) is 10.7. The Morgan fingerprint density at radius 3 is 2.89 bits per heavy atom. The molecule has 1 saturated carbocycles. The Hall–Kier alpha value is -1.43. The van der Waals surface area contributed by atoms with Gasteiger partial charge in [-0.05, 0) is 18.8 Å². The summed E-state index contributed by atoms with van der Waals surface area (Å²) >= 11 is 0. The molecule has 2 rings (SSSR count). The van der Waals surface area contributed by atoms with Gasteiger partial charge in [0, 0.05) is 13.6 Å². The molecule has 2 N–H and O–H groups in total. The molecule has 0 bridgehead atoms. The van der Waals surface area contributed by atoms with Crippen LogP contribution in [0, 0.1) is 5.92 Å². The van der Waals surface area contributed by atoms with Gasteiger partial charge in [-0.15, -0.1) is 5.10 Å². The third-order valence-corrected chi connectivity index (χ3v) is 3.50. The van der Waals surface area contributed by atoms with E-state index in [1.807, 2.05) is 0 Å². The van der Waals surface area contributed by atoms with Crippen LogP contribution in [0.15, 0.2) is 6.20 Å². The van der Waals surface area contributed by atoms with Crippen LogP contribution in [0.2, 0.25) is 0 Å². The maximum absolute atomic E-state index is 11.7. The summed E-state index contributed by atoms with van der Waals surface area (Å²) in [6.45, 7) is 0.292. The van der Waals surface area contributed by atoms with E-state index >= 15 is 0 Å². The van der Waals surface area contributed by atoms with Crippen molar-refractivity contribution in [3.05, 3.63) is 11.9 Å². The number of nitrogens with zero attached hydrogens (tertiary/aromatic N) is 3. The van der Waals surface area contributed by atoms with E-state index in [4.69, 9.17) is 0 Å². The summed E-state index contributed by atoms with van der Waals surface area (Å²) < 4.78 is 1.48. The standard InChI is InChI=1S/C12H20N4O2/c1-16-8-10(14-15-16)12(18)13-7-11(17)9-5-3-2-4-6-9/h8-9,11,17H,2-7H2,1H3,(H,13,18). The quantitative estimate of drug-likeness (QED) is 0.817. The first-order valence-corrected chi connectivity index (χ1v) is 6.49. The number of aliphatic hydroxyl groups excluding tert-OH is 1. The van der Waals surface area contributed by atoms with Gasteiger partial charge in [0.1, 0.15) is 0 Å². The Labute approximate surface area is 106 Å². The number of aliphatic hydroxyl groups is 1. The summed E-state index contributed by atoms with van der Waals surface area (Å²) in [6, 6.07) is 0. The topological polar surface area (TPSA) is 80.0 Å². The largest absolute Gasteiger partial charge is 0.391 e. The summed E-state index contributed by atoms with van der Waals surface area (Å²) in [5, 5.41) is 20.1. The molecule has 0 aliphatic heterocycles. The molecule has 0 spiro atoms. The molecule has 1 unspecified atom stereocenters. The molecule has 6 heteroatoms. The molecule has 0 radical (unpaired) electrons. The highest BCUT2D eigenvalue weighted by atomic mass is 16.3. The fraction of sp³-hybridized carbons (Fsp3) is 0.750. The predicted molar refractivity (Wildman–Crippen MR) is 65.9 cm³/mol. The number of hydrogen-bond donors (Lipinski definition) is 2. The molecular weight excluding hydrogens is 232 g/mol. The van der Waals surface area contributed by atoms with E-state index < -0.39 is 6.10 Å². The van der Waals surface area contributed by atoms with Gasteiger partial charge < -0.3 is 10.4 Å². The highest BCUT2D eigenvalue weighted by molar-refractivity contribution is 5.91. The predicted octanol–water partition coefficient (Wildman–Crippen LogP) is 0.486. The number of aromatic nitrogens is 3. The van der Waals surface area contributed by atoms with Crippen LogP contribution in [0.3, 0.4) is 0 Å². The Bertz CT molecular complexity index is 399. The lowest BCUT2D eigenvalue weighted by molar-refractivity contribution is 0.0736. The zero-order valence-corrected chi connectivity index (χ0v) is 10.7. The number of aryl methyl sites for hydroxylation is 1. The van der Waals surface area contributed by atoms with Crippen molar-refractivity contribution in [3.8, 4) is 0 Å². The summed E-state index contributed by atoms with van der Waals surface area (Å²) in [7, 11) is 1.71. The van der Waals surface area contributed by atoms with E-state index in [9.17, 15) is 9.90 Å². The third-order valence-electron chi connectivity index (χ3n) is 3.50. The molecule has 18 heavy (non-hydrogen) atoms. The second-order valence-corrected chi connectivity index (χ2v) is 4.95. The summed E-state index contributed by atoms with van der Waals surface area (Å²) in [5.74, 6) is 0.0406. The molecule has 1 amide bonds. The van der Waals surface area contributed by atoms with Crippen molar-refractivity contribution in [2.24, 2.45) is 13.0 Å². The van der Waals surface area contributed by atoms with Crippen molar-refractivity contribution in [2.45, 2.75) is 38.2 Å². The maximum Gasteiger partial charge on any atom is 0.273 e. The first kappa shape index (κ1) is 13.0. The van der Waals surface area contributed by atoms with Crippen LogP contribution in [0.5, 0.6) is 0 Å². The number of hydrogen-bond acceptors (Lipinski definition) is 4. The van der Waals surface area contributed by atoms with Crippen LogP contribution < -0.4 is 5.32 Å². The summed E-state index contributed by atoms with van der Waals surface area (Å²) in [5.41, 5.74) is 0.286. The van der Waals surface area contributed by atoms with Crippen molar-refractivity contribution in [2.75, 3.05) is 6.54 Å². The van der Waals surface area contributed by atoms with Gasteiger partial charge in [0.25, 0.3) is 5.91 Å². The van der Waals surface area contributed by atoms with Gasteiger partial charge in [-0.2, -0.15) is 0 Å². The van der Waals surface area contributed by atoms with Crippen molar-refractivity contribution in [3.63, 3.8) is 0 Å². The summed E-state index contributed by atoms with van der Waals surface area (Å²) in [6.07, 6.45) is 6.84. The van der Waals surface area contributed by atoms with Crippen LogP contribution in [0.25, 0.3) is 0 Å². The van der Waals surface area contributed by atoms with Gasteiger partial charge in [-0.1, -0.05) is 24.5 Å². The Morgan fingerprint density at radius 2 is 2.28 bits per heavy atom. The maximum atomic E-state index is 11.7. The second-order valence-electron chi connectivity index (χ2n) is 4.95. The monoisotopic (exact) mass is 252 g/mol. The highest BCUT2D eigenvalue weighted by Gasteiger charge is 2.22.